The van der Waals surface area contributed by atoms with Crippen molar-refractivity contribution in [2.75, 3.05) is 39.8 Å². The molecule has 7 heteroatoms. The zero-order valence-electron chi connectivity index (χ0n) is 16.9. The Kier molecular flexibility index (Phi) is 6.69. The minimum Gasteiger partial charge on any atom is -0.389 e. The van der Waals surface area contributed by atoms with Gasteiger partial charge in [-0.25, -0.2) is 0 Å². The molecule has 7 nitrogen and oxygen atoms in total. The molecule has 0 spiro atoms. The lowest BCUT2D eigenvalue weighted by atomic mass is 10.1. The molecule has 2 aliphatic rings. The predicted molar refractivity (Wildman–Crippen MR) is 108 cm³/mol. The zero-order chi connectivity index (χ0) is 20.3. The Labute approximate surface area is 167 Å². The maximum absolute atomic E-state index is 12.9. The zero-order valence-corrected chi connectivity index (χ0v) is 16.9. The molecule has 3 rings (SSSR count). The van der Waals surface area contributed by atoms with Gasteiger partial charge in [-0.3, -0.25) is 14.5 Å². The van der Waals surface area contributed by atoms with E-state index in [1.165, 1.54) is 0 Å². The normalized spacial score (nSPS) is 25.7. The molecule has 0 radical (unpaired) electrons. The molecule has 154 valence electrons. The van der Waals surface area contributed by atoms with Gasteiger partial charge in [0.2, 0.25) is 5.91 Å². The highest BCUT2D eigenvalue weighted by atomic mass is 16.3. The Morgan fingerprint density at radius 2 is 1.79 bits per heavy atom. The maximum atomic E-state index is 12.9. The van der Waals surface area contributed by atoms with E-state index in [0.717, 1.165) is 37.9 Å². The molecular weight excluding hydrogens is 356 g/mol. The van der Waals surface area contributed by atoms with Crippen LogP contribution in [0.4, 0.5) is 0 Å². The van der Waals surface area contributed by atoms with Crippen LogP contribution in [0.3, 0.4) is 0 Å². The highest BCUT2D eigenvalue weighted by Gasteiger charge is 2.42. The molecule has 1 aromatic rings. The highest BCUT2D eigenvalue weighted by Crippen LogP contribution is 2.29. The third-order valence-corrected chi connectivity index (χ3v) is 6.23. The molecule has 0 aromatic heterocycles. The van der Waals surface area contributed by atoms with Crippen LogP contribution in [0.2, 0.25) is 0 Å². The van der Waals surface area contributed by atoms with Gasteiger partial charge < -0.3 is 20.6 Å². The fourth-order valence-electron chi connectivity index (χ4n) is 4.46. The number of hydrogen-bond donors (Lipinski definition) is 2. The van der Waals surface area contributed by atoms with Gasteiger partial charge in [0.05, 0.1) is 12.1 Å². The lowest BCUT2D eigenvalue weighted by Crippen LogP contribution is -2.55. The van der Waals surface area contributed by atoms with Crippen molar-refractivity contribution < 1.29 is 14.7 Å². The van der Waals surface area contributed by atoms with E-state index in [1.54, 1.807) is 18.9 Å². The number of likely N-dealkylation sites (N-methyl/N-ethyl adjacent to an activating group) is 1. The summed E-state index contributed by atoms with van der Waals surface area (Å²) in [6.07, 6.45) is 1.87. The molecule has 1 aromatic carbocycles. The molecule has 2 fully saturated rings. The number of hydrogen-bond acceptors (Lipinski definition) is 5. The highest BCUT2D eigenvalue weighted by molar-refractivity contribution is 5.94. The van der Waals surface area contributed by atoms with Crippen LogP contribution >= 0.6 is 0 Å². The van der Waals surface area contributed by atoms with Crippen molar-refractivity contribution in [2.45, 2.75) is 44.4 Å². The summed E-state index contributed by atoms with van der Waals surface area (Å²) in [4.78, 5) is 30.2. The summed E-state index contributed by atoms with van der Waals surface area (Å²) in [5, 5.41) is 10.9. The third-order valence-electron chi connectivity index (χ3n) is 6.23. The molecule has 3 atom stereocenters. The molecule has 1 aliphatic carbocycles. The van der Waals surface area contributed by atoms with Gasteiger partial charge in [-0.1, -0.05) is 12.1 Å². The van der Waals surface area contributed by atoms with Crippen molar-refractivity contribution in [1.82, 2.24) is 14.7 Å². The Bertz CT molecular complexity index is 685. The second kappa shape index (κ2) is 9.03. The number of nitrogens with two attached hydrogens (primary N) is 1. The van der Waals surface area contributed by atoms with Gasteiger partial charge in [0, 0.05) is 51.8 Å². The van der Waals surface area contributed by atoms with Crippen LogP contribution in [0.1, 0.15) is 35.7 Å². The predicted octanol–water partition coefficient (Wildman–Crippen LogP) is 0.316. The molecular formula is C21H32N4O3. The van der Waals surface area contributed by atoms with Crippen LogP contribution in [-0.4, -0.2) is 89.6 Å². The van der Waals surface area contributed by atoms with Crippen LogP contribution in [0.15, 0.2) is 24.3 Å². The number of aliphatic hydroxyl groups is 1. The molecule has 1 saturated heterocycles. The fourth-order valence-corrected chi connectivity index (χ4v) is 4.46. The maximum Gasteiger partial charge on any atom is 0.253 e. The summed E-state index contributed by atoms with van der Waals surface area (Å²) < 4.78 is 0. The van der Waals surface area contributed by atoms with Crippen molar-refractivity contribution in [1.29, 1.82) is 0 Å². The summed E-state index contributed by atoms with van der Waals surface area (Å²) in [7, 11) is 1.78. The first-order valence-corrected chi connectivity index (χ1v) is 10.2. The van der Waals surface area contributed by atoms with E-state index in [9.17, 15) is 14.7 Å². The number of carbonyl (C=O) groups is 2. The first-order chi connectivity index (χ1) is 13.4. The molecule has 1 heterocycles. The standard InChI is InChI=1S/C21H32N4O3/c1-15(26)24-11-13-25(14-12-24)19-8-7-18(20(19)27)23(2)21(28)17-5-3-16(4-6-17)9-10-22/h3-6,18-20,27H,7-14,22H2,1-2H3/t18-,19-,20-/m1/s1. The number of carbonyl (C=O) groups excluding carboxylic acids is 2. The minimum atomic E-state index is -0.575. The second-order valence-electron chi connectivity index (χ2n) is 7.90. The first-order valence-electron chi connectivity index (χ1n) is 10.2. The Hall–Kier alpha value is -1.96. The summed E-state index contributed by atoms with van der Waals surface area (Å²) in [5.41, 5.74) is 7.33. The van der Waals surface area contributed by atoms with Crippen molar-refractivity contribution in [2.24, 2.45) is 5.73 Å². The van der Waals surface area contributed by atoms with Crippen LogP contribution < -0.4 is 5.73 Å². The van der Waals surface area contributed by atoms with E-state index in [-0.39, 0.29) is 23.9 Å². The van der Waals surface area contributed by atoms with Gasteiger partial charge >= 0.3 is 0 Å². The SMILES string of the molecule is CC(=O)N1CCN([C@@H]2CC[C@@H](N(C)C(=O)c3ccc(CCN)cc3)[C@H]2O)CC1. The van der Waals surface area contributed by atoms with E-state index in [0.29, 0.717) is 25.2 Å². The van der Waals surface area contributed by atoms with Crippen molar-refractivity contribution in [3.05, 3.63) is 35.4 Å². The van der Waals surface area contributed by atoms with Gasteiger partial charge in [0.25, 0.3) is 5.91 Å². The summed E-state index contributed by atoms with van der Waals surface area (Å²) in [6.45, 7) is 5.13. The minimum absolute atomic E-state index is 0.0429. The van der Waals surface area contributed by atoms with Gasteiger partial charge in [0.1, 0.15) is 0 Å². The van der Waals surface area contributed by atoms with Crippen LogP contribution in [0.25, 0.3) is 0 Å². The molecule has 2 amide bonds. The number of nitrogens with zero attached hydrogens (tertiary/aromatic N) is 3. The molecule has 1 saturated carbocycles. The Balaban J connectivity index is 1.59. The number of piperazine rings is 1. The van der Waals surface area contributed by atoms with Gasteiger partial charge in [-0.15, -0.1) is 0 Å². The van der Waals surface area contributed by atoms with Gasteiger partial charge in [-0.05, 0) is 43.5 Å². The summed E-state index contributed by atoms with van der Waals surface area (Å²) in [6, 6.07) is 7.41. The number of rotatable bonds is 5. The average Bonchev–Trinajstić information content (AvgIpc) is 3.09. The molecule has 1 aliphatic heterocycles. The van der Waals surface area contributed by atoms with Crippen LogP contribution in [0, 0.1) is 0 Å². The number of aliphatic hydroxyl groups excluding tert-OH is 1. The third kappa shape index (κ3) is 4.37. The van der Waals surface area contributed by atoms with Crippen molar-refractivity contribution in [3.63, 3.8) is 0 Å². The lowest BCUT2D eigenvalue weighted by molar-refractivity contribution is -0.131. The van der Waals surface area contributed by atoms with E-state index in [4.69, 9.17) is 5.73 Å². The van der Waals surface area contributed by atoms with Gasteiger partial charge in [0.15, 0.2) is 0 Å². The number of benzene rings is 1. The second-order valence-corrected chi connectivity index (χ2v) is 7.90. The molecule has 0 bridgehead atoms. The molecule has 0 unspecified atom stereocenters. The fraction of sp³-hybridized carbons (Fsp3) is 0.619. The Morgan fingerprint density at radius 1 is 1.14 bits per heavy atom. The first kappa shape index (κ1) is 20.8. The monoisotopic (exact) mass is 388 g/mol. The molecule has 3 N–H and O–H groups in total. The molecule has 28 heavy (non-hydrogen) atoms. The van der Waals surface area contributed by atoms with E-state index in [1.807, 2.05) is 29.2 Å². The topological polar surface area (TPSA) is 90.1 Å². The summed E-state index contributed by atoms with van der Waals surface area (Å²) >= 11 is 0. The quantitative estimate of drug-likeness (QED) is 0.758. The summed E-state index contributed by atoms with van der Waals surface area (Å²) in [5.74, 6) is 0.0395. The van der Waals surface area contributed by atoms with Crippen LogP contribution in [0.5, 0.6) is 0 Å². The van der Waals surface area contributed by atoms with E-state index in [2.05, 4.69) is 4.90 Å². The average molecular weight is 389 g/mol. The largest absolute Gasteiger partial charge is 0.389 e. The smallest absolute Gasteiger partial charge is 0.253 e. The lowest BCUT2D eigenvalue weighted by Gasteiger charge is -2.39. The van der Waals surface area contributed by atoms with Crippen LogP contribution in [-0.2, 0) is 11.2 Å². The van der Waals surface area contributed by atoms with E-state index < -0.39 is 6.10 Å². The Morgan fingerprint density at radius 3 is 2.36 bits per heavy atom. The van der Waals surface area contributed by atoms with E-state index >= 15 is 0 Å². The number of amides is 2. The van der Waals surface area contributed by atoms with Gasteiger partial charge in [-0.2, -0.15) is 0 Å². The van der Waals surface area contributed by atoms with Crippen molar-refractivity contribution in [3.8, 4) is 0 Å². The van der Waals surface area contributed by atoms with Crippen molar-refractivity contribution >= 4 is 11.8 Å².